The second-order valence-electron chi connectivity index (χ2n) is 4.90. The van der Waals surface area contributed by atoms with Gasteiger partial charge in [-0.2, -0.15) is 0 Å². The van der Waals surface area contributed by atoms with Crippen LogP contribution < -0.4 is 0 Å². The van der Waals surface area contributed by atoms with Gasteiger partial charge >= 0.3 is 0 Å². The van der Waals surface area contributed by atoms with E-state index in [-0.39, 0.29) is 0 Å². The highest BCUT2D eigenvalue weighted by atomic mass is 15.1. The Balaban J connectivity index is 1.83. The zero-order valence-corrected chi connectivity index (χ0v) is 9.38. The Kier molecular flexibility index (Phi) is 4.30. The second kappa shape index (κ2) is 5.75. The van der Waals surface area contributed by atoms with Gasteiger partial charge in [0.1, 0.15) is 0 Å². The van der Waals surface area contributed by atoms with Crippen molar-refractivity contribution >= 4 is 0 Å². The maximum absolute atomic E-state index is 2.77. The topological polar surface area (TPSA) is 3.24 Å². The summed E-state index contributed by atoms with van der Waals surface area (Å²) in [6, 6.07) is 0.934. The van der Waals surface area contributed by atoms with E-state index in [9.17, 15) is 0 Å². The highest BCUT2D eigenvalue weighted by molar-refractivity contribution is 4.80. The van der Waals surface area contributed by atoms with E-state index in [1.54, 1.807) is 0 Å². The van der Waals surface area contributed by atoms with Crippen molar-refractivity contribution in [2.24, 2.45) is 0 Å². The third-order valence-corrected chi connectivity index (χ3v) is 3.82. The third kappa shape index (κ3) is 2.98. The average Bonchev–Trinajstić information content (AvgIpc) is 2.62. The van der Waals surface area contributed by atoms with Gasteiger partial charge in [-0.05, 0) is 51.6 Å². The van der Waals surface area contributed by atoms with Crippen molar-refractivity contribution in [3.63, 3.8) is 0 Å². The van der Waals surface area contributed by atoms with Crippen molar-refractivity contribution in [1.82, 2.24) is 4.90 Å². The van der Waals surface area contributed by atoms with E-state index < -0.39 is 0 Å². The standard InChI is InChI=1S/C13H24N/c1-2-6-10-13(9-5-1)14-11-7-3-4-8-12-14/h3,13H,1-2,4-12H2. The molecule has 0 N–H and O–H groups in total. The Hall–Kier alpha value is -0.0400. The highest BCUT2D eigenvalue weighted by Crippen LogP contribution is 2.23. The van der Waals surface area contributed by atoms with Gasteiger partial charge < -0.3 is 4.90 Å². The minimum absolute atomic E-state index is 0.934. The first-order chi connectivity index (χ1) is 6.97. The van der Waals surface area contributed by atoms with Crippen LogP contribution in [0, 0.1) is 6.42 Å². The summed E-state index contributed by atoms with van der Waals surface area (Å²) in [7, 11) is 0. The first-order valence-electron chi connectivity index (χ1n) is 6.52. The van der Waals surface area contributed by atoms with Crippen molar-refractivity contribution in [3.05, 3.63) is 6.42 Å². The molecular formula is C13H24N. The van der Waals surface area contributed by atoms with Crippen molar-refractivity contribution in [2.75, 3.05) is 13.1 Å². The van der Waals surface area contributed by atoms with Gasteiger partial charge in [-0.3, -0.25) is 0 Å². The van der Waals surface area contributed by atoms with Crippen LogP contribution in [-0.2, 0) is 0 Å². The lowest BCUT2D eigenvalue weighted by atomic mass is 10.1. The van der Waals surface area contributed by atoms with Crippen molar-refractivity contribution in [1.29, 1.82) is 0 Å². The highest BCUT2D eigenvalue weighted by Gasteiger charge is 2.20. The summed E-state index contributed by atoms with van der Waals surface area (Å²) in [5.41, 5.74) is 0. The van der Waals surface area contributed by atoms with Gasteiger partial charge in [0, 0.05) is 6.04 Å². The molecule has 14 heavy (non-hydrogen) atoms. The quantitative estimate of drug-likeness (QED) is 0.578. The molecule has 0 aromatic carbocycles. The van der Waals surface area contributed by atoms with Gasteiger partial charge in [-0.15, -0.1) is 0 Å². The molecule has 1 saturated heterocycles. The van der Waals surface area contributed by atoms with Crippen LogP contribution in [0.15, 0.2) is 0 Å². The Morgan fingerprint density at radius 2 is 1.57 bits per heavy atom. The number of nitrogens with zero attached hydrogens (tertiary/aromatic N) is 1. The van der Waals surface area contributed by atoms with Gasteiger partial charge in [0.25, 0.3) is 0 Å². The van der Waals surface area contributed by atoms with Crippen LogP contribution >= 0.6 is 0 Å². The lowest BCUT2D eigenvalue weighted by molar-refractivity contribution is 0.186. The Morgan fingerprint density at radius 1 is 0.786 bits per heavy atom. The summed E-state index contributed by atoms with van der Waals surface area (Å²) in [6.45, 7) is 2.70. The predicted molar refractivity (Wildman–Crippen MR) is 61.2 cm³/mol. The smallest absolute Gasteiger partial charge is 0.00952 e. The average molecular weight is 194 g/mol. The molecule has 0 unspecified atom stereocenters. The zero-order valence-electron chi connectivity index (χ0n) is 9.38. The Bertz CT molecular complexity index is 121. The minimum Gasteiger partial charge on any atom is -0.300 e. The summed E-state index contributed by atoms with van der Waals surface area (Å²) in [5.74, 6) is 0. The van der Waals surface area contributed by atoms with Crippen LogP contribution in [0.25, 0.3) is 0 Å². The van der Waals surface area contributed by atoms with Gasteiger partial charge in [-0.1, -0.05) is 25.7 Å². The molecule has 0 aromatic heterocycles. The third-order valence-electron chi connectivity index (χ3n) is 3.82. The van der Waals surface area contributed by atoms with E-state index in [0.717, 1.165) is 6.04 Å². The van der Waals surface area contributed by atoms with E-state index in [2.05, 4.69) is 11.3 Å². The van der Waals surface area contributed by atoms with E-state index in [1.807, 2.05) is 0 Å². The number of hydrogen-bond acceptors (Lipinski definition) is 1. The molecule has 1 saturated carbocycles. The summed E-state index contributed by atoms with van der Waals surface area (Å²) in [6.07, 6.45) is 15.4. The summed E-state index contributed by atoms with van der Waals surface area (Å²) >= 11 is 0. The normalized spacial score (nSPS) is 28.3. The molecule has 1 aliphatic heterocycles. The van der Waals surface area contributed by atoms with Crippen LogP contribution in [0.4, 0.5) is 0 Å². The largest absolute Gasteiger partial charge is 0.300 e. The molecule has 1 radical (unpaired) electrons. The molecule has 2 aliphatic rings. The van der Waals surface area contributed by atoms with Crippen LogP contribution in [0.3, 0.4) is 0 Å². The van der Waals surface area contributed by atoms with Crippen LogP contribution in [0.5, 0.6) is 0 Å². The molecule has 1 heterocycles. The van der Waals surface area contributed by atoms with Crippen LogP contribution in [-0.4, -0.2) is 24.0 Å². The molecule has 0 amide bonds. The van der Waals surface area contributed by atoms with Gasteiger partial charge in [-0.25, -0.2) is 0 Å². The molecule has 2 fully saturated rings. The molecule has 1 heteroatoms. The van der Waals surface area contributed by atoms with Crippen LogP contribution in [0.2, 0.25) is 0 Å². The van der Waals surface area contributed by atoms with E-state index >= 15 is 0 Å². The molecule has 0 atom stereocenters. The van der Waals surface area contributed by atoms with Crippen LogP contribution in [0.1, 0.15) is 57.8 Å². The molecule has 0 spiro atoms. The molecular weight excluding hydrogens is 170 g/mol. The number of likely N-dealkylation sites (tertiary alicyclic amines) is 1. The fraction of sp³-hybridized carbons (Fsp3) is 0.923. The second-order valence-corrected chi connectivity index (χ2v) is 4.90. The molecule has 1 aliphatic carbocycles. The van der Waals surface area contributed by atoms with Crippen molar-refractivity contribution < 1.29 is 0 Å². The van der Waals surface area contributed by atoms with Gasteiger partial charge in [0.2, 0.25) is 0 Å². The fourth-order valence-corrected chi connectivity index (χ4v) is 2.94. The van der Waals surface area contributed by atoms with Crippen molar-refractivity contribution in [3.8, 4) is 0 Å². The van der Waals surface area contributed by atoms with Gasteiger partial charge in [0.05, 0.1) is 0 Å². The maximum Gasteiger partial charge on any atom is 0.00952 e. The summed E-state index contributed by atoms with van der Waals surface area (Å²) < 4.78 is 0. The number of rotatable bonds is 1. The lowest BCUT2D eigenvalue weighted by Gasteiger charge is -2.29. The molecule has 2 rings (SSSR count). The first kappa shape index (κ1) is 10.5. The van der Waals surface area contributed by atoms with E-state index in [0.29, 0.717) is 0 Å². The van der Waals surface area contributed by atoms with Gasteiger partial charge in [0.15, 0.2) is 0 Å². The molecule has 1 nitrogen and oxygen atoms in total. The molecule has 0 bridgehead atoms. The fourth-order valence-electron chi connectivity index (χ4n) is 2.94. The lowest BCUT2D eigenvalue weighted by Crippen LogP contribution is -2.35. The molecule has 0 aromatic rings. The van der Waals surface area contributed by atoms with Crippen molar-refractivity contribution in [2.45, 2.75) is 63.8 Å². The zero-order chi connectivity index (χ0) is 9.64. The molecule has 81 valence electrons. The SMILES string of the molecule is [CH]1CCCN(C2CCCCCC2)CC1. The minimum atomic E-state index is 0.934. The predicted octanol–water partition coefficient (Wildman–Crippen LogP) is 3.40. The summed E-state index contributed by atoms with van der Waals surface area (Å²) in [4.78, 5) is 2.77. The maximum atomic E-state index is 2.77. The van der Waals surface area contributed by atoms with E-state index in [1.165, 1.54) is 70.9 Å². The summed E-state index contributed by atoms with van der Waals surface area (Å²) in [5, 5.41) is 0. The Labute approximate surface area is 88.9 Å². The Morgan fingerprint density at radius 3 is 2.36 bits per heavy atom. The monoisotopic (exact) mass is 194 g/mol. The van der Waals surface area contributed by atoms with E-state index in [4.69, 9.17) is 0 Å². The first-order valence-corrected chi connectivity index (χ1v) is 6.52. The number of hydrogen-bond donors (Lipinski definition) is 0.